The summed E-state index contributed by atoms with van der Waals surface area (Å²) >= 11 is 0. The minimum atomic E-state index is -3.77. The lowest BCUT2D eigenvalue weighted by atomic mass is 9.95. The molecule has 0 aliphatic carbocycles. The first kappa shape index (κ1) is 22.1. The fourth-order valence-electron chi connectivity index (χ4n) is 3.49. The molecule has 10 heteroatoms. The molecule has 0 aromatic heterocycles. The van der Waals surface area contributed by atoms with E-state index >= 15 is 0 Å². The number of piperidine rings is 1. The zero-order chi connectivity index (χ0) is 20.9. The maximum absolute atomic E-state index is 12.7. The Bertz CT molecular complexity index is 815. The minimum absolute atomic E-state index is 0.0114. The lowest BCUT2D eigenvalue weighted by Gasteiger charge is -2.32. The Balaban J connectivity index is 2.28. The molecular formula is C18H28N4O5S. The van der Waals surface area contributed by atoms with Crippen LogP contribution >= 0.6 is 0 Å². The van der Waals surface area contributed by atoms with Crippen molar-refractivity contribution in [3.05, 3.63) is 28.3 Å². The molecular weight excluding hydrogens is 384 g/mol. The van der Waals surface area contributed by atoms with Crippen molar-refractivity contribution < 1.29 is 18.1 Å². The van der Waals surface area contributed by atoms with Crippen molar-refractivity contribution in [3.63, 3.8) is 0 Å². The number of carbonyl (C=O) groups is 1. The van der Waals surface area contributed by atoms with Crippen molar-refractivity contribution in [2.75, 3.05) is 37.6 Å². The molecule has 0 saturated carbocycles. The second-order valence-corrected chi connectivity index (χ2v) is 8.59. The number of nitro groups is 1. The molecule has 0 radical (unpaired) electrons. The molecule has 1 fully saturated rings. The summed E-state index contributed by atoms with van der Waals surface area (Å²) in [6.45, 7) is 7.49. The number of amides is 1. The van der Waals surface area contributed by atoms with Crippen LogP contribution in [0.1, 0.15) is 33.6 Å². The van der Waals surface area contributed by atoms with Crippen molar-refractivity contribution >= 4 is 27.3 Å². The molecule has 0 unspecified atom stereocenters. The number of benzene rings is 1. The number of sulfonamides is 1. The lowest BCUT2D eigenvalue weighted by molar-refractivity contribution is -0.384. The number of nitrogens with one attached hydrogen (secondary N) is 1. The normalized spacial score (nSPS) is 15.6. The maximum atomic E-state index is 12.7. The van der Waals surface area contributed by atoms with Gasteiger partial charge in [0.15, 0.2) is 0 Å². The summed E-state index contributed by atoms with van der Waals surface area (Å²) in [6.07, 6.45) is 1.20. The Morgan fingerprint density at radius 2 is 1.86 bits per heavy atom. The van der Waals surface area contributed by atoms with Gasteiger partial charge in [0.25, 0.3) is 5.69 Å². The van der Waals surface area contributed by atoms with Gasteiger partial charge in [-0.2, -0.15) is 4.31 Å². The predicted molar refractivity (Wildman–Crippen MR) is 107 cm³/mol. The van der Waals surface area contributed by atoms with Crippen LogP contribution < -0.4 is 10.2 Å². The van der Waals surface area contributed by atoms with Crippen LogP contribution in [0, 0.1) is 16.0 Å². The van der Waals surface area contributed by atoms with Gasteiger partial charge in [0.1, 0.15) is 5.69 Å². The second kappa shape index (κ2) is 9.33. The highest BCUT2D eigenvalue weighted by molar-refractivity contribution is 7.89. The maximum Gasteiger partial charge on any atom is 0.293 e. The third kappa shape index (κ3) is 4.61. The van der Waals surface area contributed by atoms with E-state index in [-0.39, 0.29) is 22.4 Å². The van der Waals surface area contributed by atoms with Crippen LogP contribution in [0.4, 0.5) is 11.4 Å². The number of anilines is 1. The fourth-order valence-corrected chi connectivity index (χ4v) is 4.97. The van der Waals surface area contributed by atoms with Gasteiger partial charge in [-0.15, -0.1) is 0 Å². The summed E-state index contributed by atoms with van der Waals surface area (Å²) in [5, 5.41) is 14.4. The van der Waals surface area contributed by atoms with Crippen LogP contribution in [-0.2, 0) is 14.8 Å². The molecule has 0 bridgehead atoms. The highest BCUT2D eigenvalue weighted by atomic mass is 32.2. The molecule has 28 heavy (non-hydrogen) atoms. The molecule has 1 amide bonds. The second-order valence-electron chi connectivity index (χ2n) is 6.65. The van der Waals surface area contributed by atoms with Gasteiger partial charge in [-0.1, -0.05) is 13.8 Å². The molecule has 0 atom stereocenters. The quantitative estimate of drug-likeness (QED) is 0.516. The van der Waals surface area contributed by atoms with Crippen LogP contribution in [0.5, 0.6) is 0 Å². The van der Waals surface area contributed by atoms with Crippen molar-refractivity contribution in [1.29, 1.82) is 0 Å². The SMILES string of the molecule is CCNC(=O)C1CCN(c2ccc(S(=O)(=O)N(CC)CC)cc2[N+](=O)[O-])CC1. The van der Waals surface area contributed by atoms with Gasteiger partial charge in [-0.3, -0.25) is 14.9 Å². The van der Waals surface area contributed by atoms with Crippen molar-refractivity contribution in [3.8, 4) is 0 Å². The van der Waals surface area contributed by atoms with Crippen molar-refractivity contribution in [1.82, 2.24) is 9.62 Å². The van der Waals surface area contributed by atoms with Gasteiger partial charge in [0.2, 0.25) is 15.9 Å². The van der Waals surface area contributed by atoms with E-state index in [0.717, 1.165) is 6.07 Å². The summed E-state index contributed by atoms with van der Waals surface area (Å²) in [6, 6.07) is 4.06. The number of nitro benzene ring substituents is 1. The predicted octanol–water partition coefficient (Wildman–Crippen LogP) is 1.98. The van der Waals surface area contributed by atoms with Crippen LogP contribution in [-0.4, -0.2) is 56.3 Å². The van der Waals surface area contributed by atoms with Crippen LogP contribution in [0.3, 0.4) is 0 Å². The number of hydrogen-bond donors (Lipinski definition) is 1. The topological polar surface area (TPSA) is 113 Å². The summed E-state index contributed by atoms with van der Waals surface area (Å²) in [5.74, 6) is -0.0881. The number of rotatable bonds is 8. The minimum Gasteiger partial charge on any atom is -0.366 e. The highest BCUT2D eigenvalue weighted by Crippen LogP contribution is 2.34. The molecule has 0 spiro atoms. The Morgan fingerprint density at radius 1 is 1.25 bits per heavy atom. The van der Waals surface area contributed by atoms with Gasteiger partial charge < -0.3 is 10.2 Å². The first-order chi connectivity index (χ1) is 13.3. The summed E-state index contributed by atoms with van der Waals surface area (Å²) in [5.41, 5.74) is 0.155. The zero-order valence-corrected chi connectivity index (χ0v) is 17.4. The average Bonchev–Trinajstić information content (AvgIpc) is 2.68. The summed E-state index contributed by atoms with van der Waals surface area (Å²) < 4.78 is 26.6. The van der Waals surface area contributed by atoms with E-state index in [1.165, 1.54) is 16.4 Å². The fraction of sp³-hybridized carbons (Fsp3) is 0.611. The Morgan fingerprint density at radius 3 is 2.36 bits per heavy atom. The van der Waals surface area contributed by atoms with E-state index in [9.17, 15) is 23.3 Å². The molecule has 1 aromatic rings. The lowest BCUT2D eigenvalue weighted by Crippen LogP contribution is -2.40. The molecule has 1 aliphatic rings. The first-order valence-corrected chi connectivity index (χ1v) is 11.0. The molecule has 1 heterocycles. The standard InChI is InChI=1S/C18H28N4O5S/c1-4-19-18(23)14-9-11-20(12-10-14)16-8-7-15(13-17(16)22(24)25)28(26,27)21(5-2)6-3/h7-8,13-14H,4-6,9-12H2,1-3H3,(H,19,23). The molecule has 1 saturated heterocycles. The Hall–Kier alpha value is -2.20. The van der Waals surface area contributed by atoms with E-state index in [2.05, 4.69) is 5.32 Å². The zero-order valence-electron chi connectivity index (χ0n) is 16.6. The van der Waals surface area contributed by atoms with Gasteiger partial charge in [-0.25, -0.2) is 8.42 Å². The van der Waals surface area contributed by atoms with Crippen molar-refractivity contribution in [2.45, 2.75) is 38.5 Å². The van der Waals surface area contributed by atoms with E-state index in [4.69, 9.17) is 0 Å². The molecule has 9 nitrogen and oxygen atoms in total. The molecule has 156 valence electrons. The largest absolute Gasteiger partial charge is 0.366 e. The van der Waals surface area contributed by atoms with Gasteiger partial charge >= 0.3 is 0 Å². The van der Waals surface area contributed by atoms with Crippen LogP contribution in [0.2, 0.25) is 0 Å². The average molecular weight is 413 g/mol. The monoisotopic (exact) mass is 412 g/mol. The highest BCUT2D eigenvalue weighted by Gasteiger charge is 2.30. The van der Waals surface area contributed by atoms with E-state index < -0.39 is 14.9 Å². The van der Waals surface area contributed by atoms with Gasteiger partial charge in [-0.05, 0) is 31.9 Å². The number of hydrogen-bond acceptors (Lipinski definition) is 6. The van der Waals surface area contributed by atoms with Crippen LogP contribution in [0.25, 0.3) is 0 Å². The Kier molecular flexibility index (Phi) is 7.36. The third-order valence-electron chi connectivity index (χ3n) is 5.04. The molecule has 1 N–H and O–H groups in total. The first-order valence-electron chi connectivity index (χ1n) is 9.57. The Labute approximate surface area is 165 Å². The molecule has 1 aromatic carbocycles. The number of carbonyl (C=O) groups excluding carboxylic acids is 1. The van der Waals surface area contributed by atoms with E-state index in [1.54, 1.807) is 13.8 Å². The molecule has 2 rings (SSSR count). The molecule has 1 aliphatic heterocycles. The van der Waals surface area contributed by atoms with E-state index in [0.29, 0.717) is 51.3 Å². The van der Waals surface area contributed by atoms with Gasteiger partial charge in [0, 0.05) is 44.7 Å². The van der Waals surface area contributed by atoms with Gasteiger partial charge in [0.05, 0.1) is 9.82 Å². The number of nitrogens with zero attached hydrogens (tertiary/aromatic N) is 3. The summed E-state index contributed by atoms with van der Waals surface area (Å²) in [7, 11) is -3.77. The van der Waals surface area contributed by atoms with Crippen LogP contribution in [0.15, 0.2) is 23.1 Å². The van der Waals surface area contributed by atoms with E-state index in [1.807, 2.05) is 11.8 Å². The summed E-state index contributed by atoms with van der Waals surface area (Å²) in [4.78, 5) is 24.8. The van der Waals surface area contributed by atoms with Crippen molar-refractivity contribution in [2.24, 2.45) is 5.92 Å². The smallest absolute Gasteiger partial charge is 0.293 e. The third-order valence-corrected chi connectivity index (χ3v) is 7.09.